The SMILES string of the molecule is Cc1ccc(S(=O)(=O)NCCC[NH+](C)C)cc1C. The number of rotatable bonds is 6. The van der Waals surface area contributed by atoms with Crippen LogP contribution in [0.4, 0.5) is 0 Å². The van der Waals surface area contributed by atoms with Crippen LogP contribution in [-0.4, -0.2) is 35.6 Å². The molecule has 1 aromatic carbocycles. The quantitative estimate of drug-likeness (QED) is 0.722. The zero-order chi connectivity index (χ0) is 13.8. The average Bonchev–Trinajstić information content (AvgIpc) is 2.28. The second kappa shape index (κ2) is 6.31. The molecule has 0 heterocycles. The highest BCUT2D eigenvalue weighted by molar-refractivity contribution is 7.89. The van der Waals surface area contributed by atoms with Gasteiger partial charge < -0.3 is 4.90 Å². The van der Waals surface area contributed by atoms with E-state index in [9.17, 15) is 8.42 Å². The average molecular weight is 271 g/mol. The third kappa shape index (κ3) is 4.40. The van der Waals surface area contributed by atoms with Crippen molar-refractivity contribution in [3.05, 3.63) is 29.3 Å². The summed E-state index contributed by atoms with van der Waals surface area (Å²) in [6.45, 7) is 5.33. The molecule has 0 spiro atoms. The molecule has 0 aliphatic carbocycles. The van der Waals surface area contributed by atoms with E-state index in [1.165, 1.54) is 4.90 Å². The first kappa shape index (κ1) is 15.1. The first-order chi connectivity index (χ1) is 8.33. The molecule has 1 rings (SSSR count). The molecule has 0 amide bonds. The molecule has 0 saturated carbocycles. The standard InChI is InChI=1S/C13H22N2O2S/c1-11-6-7-13(10-12(11)2)18(16,17)14-8-5-9-15(3)4/h6-7,10,14H,5,8-9H2,1-4H3/p+1. The molecule has 5 heteroatoms. The molecule has 0 aromatic heterocycles. The van der Waals surface area contributed by atoms with Gasteiger partial charge in [-0.1, -0.05) is 6.07 Å². The summed E-state index contributed by atoms with van der Waals surface area (Å²) in [5.41, 5.74) is 2.10. The minimum Gasteiger partial charge on any atom is -0.340 e. The summed E-state index contributed by atoms with van der Waals surface area (Å²) in [7, 11) is 0.750. The predicted molar refractivity (Wildman–Crippen MR) is 73.4 cm³/mol. The molecule has 0 bridgehead atoms. The lowest BCUT2D eigenvalue weighted by molar-refractivity contribution is -0.858. The van der Waals surface area contributed by atoms with Crippen molar-refractivity contribution in [3.63, 3.8) is 0 Å². The van der Waals surface area contributed by atoms with E-state index in [1.807, 2.05) is 19.9 Å². The Hall–Kier alpha value is -0.910. The Labute approximate surface area is 110 Å². The van der Waals surface area contributed by atoms with Gasteiger partial charge in [-0.15, -0.1) is 0 Å². The van der Waals surface area contributed by atoms with E-state index in [0.29, 0.717) is 11.4 Å². The molecular weight excluding hydrogens is 248 g/mol. The molecule has 0 unspecified atom stereocenters. The van der Waals surface area contributed by atoms with Crippen LogP contribution in [0.2, 0.25) is 0 Å². The van der Waals surface area contributed by atoms with Gasteiger partial charge in [0.05, 0.1) is 25.5 Å². The van der Waals surface area contributed by atoms with Gasteiger partial charge in [0.1, 0.15) is 0 Å². The first-order valence-electron chi connectivity index (χ1n) is 6.19. The lowest BCUT2D eigenvalue weighted by Crippen LogP contribution is -3.05. The number of hydrogen-bond donors (Lipinski definition) is 2. The van der Waals surface area contributed by atoms with Crippen molar-refractivity contribution in [1.29, 1.82) is 0 Å². The van der Waals surface area contributed by atoms with Crippen molar-refractivity contribution in [3.8, 4) is 0 Å². The largest absolute Gasteiger partial charge is 0.340 e. The van der Waals surface area contributed by atoms with Crippen LogP contribution in [0, 0.1) is 13.8 Å². The van der Waals surface area contributed by atoms with Crippen molar-refractivity contribution in [2.24, 2.45) is 0 Å². The van der Waals surface area contributed by atoms with Crippen molar-refractivity contribution in [1.82, 2.24) is 4.72 Å². The fraction of sp³-hybridized carbons (Fsp3) is 0.538. The highest BCUT2D eigenvalue weighted by Gasteiger charge is 2.13. The molecule has 0 atom stereocenters. The maximum Gasteiger partial charge on any atom is 0.240 e. The Kier molecular flexibility index (Phi) is 5.31. The van der Waals surface area contributed by atoms with E-state index in [2.05, 4.69) is 18.8 Å². The van der Waals surface area contributed by atoms with E-state index in [0.717, 1.165) is 24.1 Å². The first-order valence-corrected chi connectivity index (χ1v) is 7.67. The third-order valence-electron chi connectivity index (χ3n) is 2.93. The van der Waals surface area contributed by atoms with Crippen LogP contribution in [0.1, 0.15) is 17.5 Å². The van der Waals surface area contributed by atoms with Crippen molar-refractivity contribution < 1.29 is 13.3 Å². The van der Waals surface area contributed by atoms with Gasteiger partial charge in [-0.05, 0) is 37.1 Å². The Bertz CT molecular complexity index is 496. The highest BCUT2D eigenvalue weighted by Crippen LogP contribution is 2.14. The molecule has 0 aliphatic rings. The summed E-state index contributed by atoms with van der Waals surface area (Å²) in [4.78, 5) is 1.67. The van der Waals surface area contributed by atoms with E-state index >= 15 is 0 Å². The fourth-order valence-electron chi connectivity index (χ4n) is 1.61. The van der Waals surface area contributed by atoms with Gasteiger partial charge in [-0.3, -0.25) is 0 Å². The number of nitrogens with one attached hydrogen (secondary N) is 2. The number of aryl methyl sites for hydroxylation is 2. The maximum absolute atomic E-state index is 12.0. The van der Waals surface area contributed by atoms with Gasteiger partial charge in [0, 0.05) is 13.0 Å². The van der Waals surface area contributed by atoms with Crippen LogP contribution in [0.3, 0.4) is 0 Å². The second-order valence-corrected chi connectivity index (χ2v) is 6.72. The summed E-state index contributed by atoms with van der Waals surface area (Å²) < 4.78 is 26.7. The lowest BCUT2D eigenvalue weighted by atomic mass is 10.1. The number of hydrogen-bond acceptors (Lipinski definition) is 2. The Morgan fingerprint density at radius 1 is 1.17 bits per heavy atom. The normalized spacial score (nSPS) is 12.1. The summed E-state index contributed by atoms with van der Waals surface area (Å²) in [5, 5.41) is 0. The van der Waals surface area contributed by atoms with E-state index in [4.69, 9.17) is 0 Å². The molecule has 1 aromatic rings. The second-order valence-electron chi connectivity index (χ2n) is 4.95. The van der Waals surface area contributed by atoms with Gasteiger partial charge in [0.25, 0.3) is 0 Å². The Morgan fingerprint density at radius 2 is 1.83 bits per heavy atom. The number of sulfonamides is 1. The monoisotopic (exact) mass is 271 g/mol. The van der Waals surface area contributed by atoms with E-state index < -0.39 is 10.0 Å². The molecule has 102 valence electrons. The number of benzene rings is 1. The van der Waals surface area contributed by atoms with Crippen molar-refractivity contribution in [2.75, 3.05) is 27.2 Å². The van der Waals surface area contributed by atoms with Gasteiger partial charge in [0.15, 0.2) is 0 Å². The van der Waals surface area contributed by atoms with Gasteiger partial charge in [0.2, 0.25) is 10.0 Å². The fourth-order valence-corrected chi connectivity index (χ4v) is 2.77. The predicted octanol–water partition coefficient (Wildman–Crippen LogP) is 0.116. The Morgan fingerprint density at radius 3 is 2.39 bits per heavy atom. The van der Waals surface area contributed by atoms with E-state index in [-0.39, 0.29) is 0 Å². The Balaban J connectivity index is 2.66. The summed E-state index contributed by atoms with van der Waals surface area (Å²) >= 11 is 0. The van der Waals surface area contributed by atoms with Crippen LogP contribution in [0.15, 0.2) is 23.1 Å². The van der Waals surface area contributed by atoms with Crippen molar-refractivity contribution in [2.45, 2.75) is 25.2 Å². The highest BCUT2D eigenvalue weighted by atomic mass is 32.2. The summed E-state index contributed by atoms with van der Waals surface area (Å²) in [6, 6.07) is 5.21. The molecule has 0 fully saturated rings. The summed E-state index contributed by atoms with van der Waals surface area (Å²) in [5.74, 6) is 0. The van der Waals surface area contributed by atoms with Crippen LogP contribution < -0.4 is 9.62 Å². The molecule has 0 saturated heterocycles. The van der Waals surface area contributed by atoms with E-state index in [1.54, 1.807) is 12.1 Å². The molecule has 0 aliphatic heterocycles. The van der Waals surface area contributed by atoms with Gasteiger partial charge >= 0.3 is 0 Å². The van der Waals surface area contributed by atoms with Crippen molar-refractivity contribution >= 4 is 10.0 Å². The van der Waals surface area contributed by atoms with Gasteiger partial charge in [-0.2, -0.15) is 0 Å². The lowest BCUT2D eigenvalue weighted by Gasteiger charge is -2.10. The van der Waals surface area contributed by atoms with Gasteiger partial charge in [-0.25, -0.2) is 13.1 Å². The minimum absolute atomic E-state index is 0.350. The molecule has 0 radical (unpaired) electrons. The maximum atomic E-state index is 12.0. The topological polar surface area (TPSA) is 50.6 Å². The molecular formula is C13H23N2O2S+. The molecule has 18 heavy (non-hydrogen) atoms. The van der Waals surface area contributed by atoms with Crippen LogP contribution in [0.5, 0.6) is 0 Å². The zero-order valence-electron chi connectivity index (χ0n) is 11.6. The molecule has 4 nitrogen and oxygen atoms in total. The summed E-state index contributed by atoms with van der Waals surface area (Å²) in [6.07, 6.45) is 0.840. The number of quaternary nitrogens is 1. The third-order valence-corrected chi connectivity index (χ3v) is 4.39. The zero-order valence-corrected chi connectivity index (χ0v) is 12.4. The minimum atomic E-state index is -3.36. The van der Waals surface area contributed by atoms with Crippen LogP contribution in [-0.2, 0) is 10.0 Å². The molecule has 2 N–H and O–H groups in total. The van der Waals surface area contributed by atoms with Crippen LogP contribution in [0.25, 0.3) is 0 Å². The smallest absolute Gasteiger partial charge is 0.240 e. The van der Waals surface area contributed by atoms with Crippen LogP contribution >= 0.6 is 0 Å².